The van der Waals surface area contributed by atoms with Crippen LogP contribution in [0.3, 0.4) is 0 Å². The maximum Gasteiger partial charge on any atom is 0.435 e. The van der Waals surface area contributed by atoms with Crippen molar-refractivity contribution in [3.63, 3.8) is 0 Å². The number of carbonyl (C=O) groups excluding carboxylic acids is 1. The number of hydrogen-bond acceptors (Lipinski definition) is 4. The normalized spacial score (nSPS) is 15.1. The molecule has 10 heteroatoms. The maximum absolute atomic E-state index is 14.0. The molecule has 0 aliphatic heterocycles. The minimum Gasteiger partial charge on any atom is -0.341 e. The van der Waals surface area contributed by atoms with E-state index in [-0.39, 0.29) is 5.69 Å². The van der Waals surface area contributed by atoms with Crippen molar-refractivity contribution in [3.05, 3.63) is 65.1 Å². The topological polar surface area (TPSA) is 72.7 Å². The molecule has 6 nitrogen and oxygen atoms in total. The van der Waals surface area contributed by atoms with E-state index >= 15 is 0 Å². The van der Waals surface area contributed by atoms with Gasteiger partial charge in [-0.25, -0.2) is 4.39 Å². The molecular formula is C20H17F4N5O. The molecule has 0 atom stereocenters. The van der Waals surface area contributed by atoms with Crippen molar-refractivity contribution < 1.29 is 22.4 Å². The molecule has 1 amide bonds. The van der Waals surface area contributed by atoms with Crippen molar-refractivity contribution in [1.82, 2.24) is 25.1 Å². The number of amides is 1. The molecule has 3 heterocycles. The first-order valence-corrected chi connectivity index (χ1v) is 9.12. The van der Waals surface area contributed by atoms with E-state index in [1.807, 2.05) is 0 Å². The van der Waals surface area contributed by atoms with Gasteiger partial charge in [-0.05, 0) is 37.5 Å². The van der Waals surface area contributed by atoms with Crippen LogP contribution in [0, 0.1) is 12.7 Å². The molecule has 1 fully saturated rings. The zero-order valence-corrected chi connectivity index (χ0v) is 16.1. The Bertz CT molecular complexity index is 1120. The van der Waals surface area contributed by atoms with Gasteiger partial charge >= 0.3 is 6.18 Å². The lowest BCUT2D eigenvalue weighted by molar-refractivity contribution is -0.141. The third-order valence-electron chi connectivity index (χ3n) is 5.09. The fraction of sp³-hybridized carbons (Fsp3) is 0.300. The van der Waals surface area contributed by atoms with E-state index in [1.54, 1.807) is 31.3 Å². The summed E-state index contributed by atoms with van der Waals surface area (Å²) in [6.45, 7) is 1.74. The molecule has 1 aliphatic carbocycles. The lowest BCUT2D eigenvalue weighted by Gasteiger charge is -2.18. The Labute approximate surface area is 169 Å². The molecular weight excluding hydrogens is 402 g/mol. The molecule has 4 rings (SSSR count). The van der Waals surface area contributed by atoms with Gasteiger partial charge in [-0.1, -0.05) is 6.07 Å². The van der Waals surface area contributed by atoms with Crippen molar-refractivity contribution in [2.75, 3.05) is 0 Å². The van der Waals surface area contributed by atoms with Gasteiger partial charge in [-0.2, -0.15) is 18.3 Å². The van der Waals surface area contributed by atoms with E-state index in [4.69, 9.17) is 0 Å². The van der Waals surface area contributed by atoms with Gasteiger partial charge in [-0.3, -0.25) is 19.4 Å². The standard InChI is InChI=1S/C20H17F4N5O/c1-11-7-13(14(21)10-25-11)15-4-3-12(9-26-15)19(5-6-19)27-18(30)16-8-17(20(22,23)24)28-29(16)2/h3-4,7-10H,5-6H2,1-2H3,(H,27,30). The van der Waals surface area contributed by atoms with Crippen LogP contribution in [0.1, 0.15) is 40.3 Å². The summed E-state index contributed by atoms with van der Waals surface area (Å²) in [6, 6.07) is 5.69. The number of pyridine rings is 2. The summed E-state index contributed by atoms with van der Waals surface area (Å²) < 4.78 is 53.5. The number of rotatable bonds is 4. The van der Waals surface area contributed by atoms with Crippen LogP contribution in [0.2, 0.25) is 0 Å². The highest BCUT2D eigenvalue weighted by Crippen LogP contribution is 2.45. The van der Waals surface area contributed by atoms with Crippen LogP contribution in [-0.4, -0.2) is 25.7 Å². The Balaban J connectivity index is 1.56. The molecule has 0 unspecified atom stereocenters. The number of aromatic nitrogens is 4. The predicted octanol–water partition coefficient (Wildman–Crippen LogP) is 3.76. The van der Waals surface area contributed by atoms with Crippen LogP contribution in [0.25, 0.3) is 11.3 Å². The zero-order chi connectivity index (χ0) is 21.7. The third kappa shape index (κ3) is 3.64. The first kappa shape index (κ1) is 20.0. The van der Waals surface area contributed by atoms with Crippen LogP contribution in [-0.2, 0) is 18.8 Å². The van der Waals surface area contributed by atoms with Crippen LogP contribution >= 0.6 is 0 Å². The summed E-state index contributed by atoms with van der Waals surface area (Å²) >= 11 is 0. The van der Waals surface area contributed by atoms with Gasteiger partial charge in [0.25, 0.3) is 5.91 Å². The molecule has 30 heavy (non-hydrogen) atoms. The molecule has 156 valence electrons. The predicted molar refractivity (Wildman–Crippen MR) is 98.8 cm³/mol. The molecule has 3 aromatic heterocycles. The maximum atomic E-state index is 14.0. The zero-order valence-electron chi connectivity index (χ0n) is 16.1. The fourth-order valence-corrected chi connectivity index (χ4v) is 3.29. The van der Waals surface area contributed by atoms with E-state index in [1.165, 1.54) is 7.05 Å². The monoisotopic (exact) mass is 419 g/mol. The van der Waals surface area contributed by atoms with Gasteiger partial charge < -0.3 is 5.32 Å². The minimum atomic E-state index is -4.63. The fourth-order valence-electron chi connectivity index (χ4n) is 3.29. The molecule has 3 aromatic rings. The van der Waals surface area contributed by atoms with Crippen LogP contribution in [0.5, 0.6) is 0 Å². The molecule has 0 aromatic carbocycles. The van der Waals surface area contributed by atoms with Crippen LogP contribution in [0.15, 0.2) is 36.7 Å². The molecule has 0 saturated heterocycles. The summed E-state index contributed by atoms with van der Waals surface area (Å²) in [4.78, 5) is 20.8. The van der Waals surface area contributed by atoms with Crippen molar-refractivity contribution >= 4 is 5.91 Å². The van der Waals surface area contributed by atoms with Gasteiger partial charge in [0.15, 0.2) is 11.5 Å². The van der Waals surface area contributed by atoms with E-state index in [0.717, 1.165) is 16.9 Å². The molecule has 1 N–H and O–H groups in total. The molecule has 1 aliphatic rings. The smallest absolute Gasteiger partial charge is 0.341 e. The SMILES string of the molecule is Cc1cc(-c2ccc(C3(NC(=O)c4cc(C(F)(F)F)nn4C)CC3)cn2)c(F)cn1. The Morgan fingerprint density at radius 3 is 2.47 bits per heavy atom. The summed E-state index contributed by atoms with van der Waals surface area (Å²) in [5, 5.41) is 6.16. The Hall–Kier alpha value is -3.30. The van der Waals surface area contributed by atoms with Gasteiger partial charge in [0, 0.05) is 30.6 Å². The first-order valence-electron chi connectivity index (χ1n) is 9.12. The number of carbonyl (C=O) groups is 1. The Kier molecular flexibility index (Phi) is 4.59. The number of halogens is 4. The lowest BCUT2D eigenvalue weighted by atomic mass is 10.0. The summed E-state index contributed by atoms with van der Waals surface area (Å²) in [5.41, 5.74) is 0.0653. The first-order chi connectivity index (χ1) is 14.1. The average molecular weight is 419 g/mol. The summed E-state index contributed by atoms with van der Waals surface area (Å²) in [6.07, 6.45) is -0.721. The second-order valence-corrected chi connectivity index (χ2v) is 7.31. The van der Waals surface area contributed by atoms with E-state index in [0.29, 0.717) is 35.4 Å². The molecule has 0 radical (unpaired) electrons. The van der Waals surface area contributed by atoms with E-state index < -0.39 is 29.1 Å². The number of nitrogens with one attached hydrogen (secondary N) is 1. The number of aryl methyl sites for hydroxylation is 2. The van der Waals surface area contributed by atoms with Crippen molar-refractivity contribution in [3.8, 4) is 11.3 Å². The van der Waals surface area contributed by atoms with Crippen molar-refractivity contribution in [2.45, 2.75) is 31.5 Å². The highest BCUT2D eigenvalue weighted by atomic mass is 19.4. The average Bonchev–Trinajstić information content (AvgIpc) is 3.35. The van der Waals surface area contributed by atoms with Gasteiger partial charge in [0.05, 0.1) is 17.4 Å². The van der Waals surface area contributed by atoms with E-state index in [2.05, 4.69) is 20.4 Å². The highest BCUT2D eigenvalue weighted by molar-refractivity contribution is 5.93. The quantitative estimate of drug-likeness (QED) is 0.654. The lowest BCUT2D eigenvalue weighted by Crippen LogP contribution is -2.36. The van der Waals surface area contributed by atoms with Gasteiger partial charge in [0.2, 0.25) is 0 Å². The van der Waals surface area contributed by atoms with E-state index in [9.17, 15) is 22.4 Å². The highest BCUT2D eigenvalue weighted by Gasteiger charge is 2.46. The summed E-state index contributed by atoms with van der Waals surface area (Å²) in [7, 11) is 1.28. The molecule has 0 bridgehead atoms. The number of nitrogens with zero attached hydrogens (tertiary/aromatic N) is 4. The summed E-state index contributed by atoms with van der Waals surface area (Å²) in [5.74, 6) is -1.15. The largest absolute Gasteiger partial charge is 0.435 e. The van der Waals surface area contributed by atoms with Crippen LogP contribution < -0.4 is 5.32 Å². The second-order valence-electron chi connectivity index (χ2n) is 7.31. The molecule has 1 saturated carbocycles. The minimum absolute atomic E-state index is 0.187. The number of alkyl halides is 3. The van der Waals surface area contributed by atoms with Crippen molar-refractivity contribution in [1.29, 1.82) is 0 Å². The Morgan fingerprint density at radius 2 is 1.90 bits per heavy atom. The second kappa shape index (κ2) is 6.89. The third-order valence-corrected chi connectivity index (χ3v) is 5.09. The Morgan fingerprint density at radius 1 is 1.17 bits per heavy atom. The number of hydrogen-bond donors (Lipinski definition) is 1. The van der Waals surface area contributed by atoms with Crippen molar-refractivity contribution in [2.24, 2.45) is 7.05 Å². The molecule has 0 spiro atoms. The van der Waals surface area contributed by atoms with Gasteiger partial charge in [-0.15, -0.1) is 0 Å². The van der Waals surface area contributed by atoms with Crippen LogP contribution in [0.4, 0.5) is 17.6 Å². The van der Waals surface area contributed by atoms with Gasteiger partial charge in [0.1, 0.15) is 5.69 Å².